The van der Waals surface area contributed by atoms with Crippen molar-refractivity contribution in [2.24, 2.45) is 0 Å². The Kier molecular flexibility index (Phi) is 7.61. The Bertz CT molecular complexity index is 3180. The molecule has 2 heterocycles. The average Bonchev–Trinajstić information content (AvgIpc) is 3.84. The van der Waals surface area contributed by atoms with E-state index in [2.05, 4.69) is 205 Å². The Morgan fingerprint density at radius 1 is 0.291 bits per heavy atom. The summed E-state index contributed by atoms with van der Waals surface area (Å²) in [4.78, 5) is 2.44. The van der Waals surface area contributed by atoms with Crippen molar-refractivity contribution in [3.8, 4) is 33.4 Å². The van der Waals surface area contributed by atoms with Gasteiger partial charge in [-0.2, -0.15) is 0 Å². The second kappa shape index (κ2) is 13.1. The van der Waals surface area contributed by atoms with Crippen LogP contribution in [0.5, 0.6) is 0 Å². The summed E-state index contributed by atoms with van der Waals surface area (Å²) in [7, 11) is 0. The molecule has 0 fully saturated rings. The first-order valence-corrected chi connectivity index (χ1v) is 20.3. The molecule has 258 valence electrons. The van der Waals surface area contributed by atoms with Crippen molar-refractivity contribution in [1.82, 2.24) is 0 Å². The lowest BCUT2D eigenvalue weighted by molar-refractivity contribution is 1.30. The number of nitrogens with zero attached hydrogens (tertiary/aromatic N) is 1. The van der Waals surface area contributed by atoms with Crippen LogP contribution < -0.4 is 4.90 Å². The summed E-state index contributed by atoms with van der Waals surface area (Å²) in [6, 6.07) is 73.2. The van der Waals surface area contributed by atoms with Crippen LogP contribution in [0.1, 0.15) is 0 Å². The van der Waals surface area contributed by atoms with Gasteiger partial charge >= 0.3 is 0 Å². The predicted octanol–water partition coefficient (Wildman–Crippen LogP) is 16.0. The minimum Gasteiger partial charge on any atom is -0.309 e. The zero-order chi connectivity index (χ0) is 36.3. The molecular formula is C52H33NS2. The first kappa shape index (κ1) is 32.0. The SMILES string of the molecule is c1ccc(-c2cccc3c2sc2c(N(c4ccc(-c5cccc6ccccc56)cc4)c4ccc(-c5cccc6c5sc5ccccc56)cc4)cccc23)cc1. The maximum Gasteiger partial charge on any atom is 0.0640 e. The van der Waals surface area contributed by atoms with Gasteiger partial charge in [-0.3, -0.25) is 0 Å². The third-order valence-electron chi connectivity index (χ3n) is 10.9. The molecule has 0 aliphatic carbocycles. The van der Waals surface area contributed by atoms with Crippen molar-refractivity contribution in [3.63, 3.8) is 0 Å². The van der Waals surface area contributed by atoms with Gasteiger partial charge in [0, 0.05) is 47.0 Å². The Labute approximate surface area is 327 Å². The van der Waals surface area contributed by atoms with Crippen LogP contribution in [0, 0.1) is 0 Å². The van der Waals surface area contributed by atoms with E-state index in [0.717, 1.165) is 11.4 Å². The van der Waals surface area contributed by atoms with Crippen molar-refractivity contribution in [1.29, 1.82) is 0 Å². The summed E-state index contributed by atoms with van der Waals surface area (Å²) in [5.41, 5.74) is 10.9. The van der Waals surface area contributed by atoms with E-state index in [9.17, 15) is 0 Å². The highest BCUT2D eigenvalue weighted by molar-refractivity contribution is 7.27. The zero-order valence-electron chi connectivity index (χ0n) is 29.8. The number of thiophene rings is 2. The van der Waals surface area contributed by atoms with Crippen LogP contribution in [-0.4, -0.2) is 0 Å². The predicted molar refractivity (Wildman–Crippen MR) is 241 cm³/mol. The van der Waals surface area contributed by atoms with Crippen LogP contribution in [0.4, 0.5) is 17.1 Å². The molecule has 0 saturated heterocycles. The minimum absolute atomic E-state index is 1.12. The Morgan fingerprint density at radius 2 is 0.764 bits per heavy atom. The number of fused-ring (bicyclic) bond motifs is 7. The van der Waals surface area contributed by atoms with E-state index in [4.69, 9.17) is 0 Å². The van der Waals surface area contributed by atoms with E-state index in [0.29, 0.717) is 0 Å². The number of benzene rings is 9. The molecule has 9 aromatic carbocycles. The average molecular weight is 736 g/mol. The van der Waals surface area contributed by atoms with Crippen molar-refractivity contribution in [3.05, 3.63) is 200 Å². The summed E-state index contributed by atoms with van der Waals surface area (Å²) in [6.07, 6.45) is 0. The lowest BCUT2D eigenvalue weighted by Crippen LogP contribution is -2.10. The van der Waals surface area contributed by atoms with Gasteiger partial charge < -0.3 is 4.90 Å². The molecule has 2 aromatic heterocycles. The summed E-state index contributed by atoms with van der Waals surface area (Å²) >= 11 is 3.77. The van der Waals surface area contributed by atoms with Crippen LogP contribution in [0.2, 0.25) is 0 Å². The van der Waals surface area contributed by atoms with Crippen LogP contribution in [-0.2, 0) is 0 Å². The molecule has 0 bridgehead atoms. The topological polar surface area (TPSA) is 3.24 Å². The monoisotopic (exact) mass is 735 g/mol. The largest absolute Gasteiger partial charge is 0.309 e. The molecule has 0 amide bonds. The molecule has 0 aliphatic heterocycles. The van der Waals surface area contributed by atoms with Gasteiger partial charge in [-0.05, 0) is 80.6 Å². The maximum absolute atomic E-state index is 2.44. The first-order chi connectivity index (χ1) is 27.3. The number of hydrogen-bond donors (Lipinski definition) is 0. The van der Waals surface area contributed by atoms with E-state index >= 15 is 0 Å². The fourth-order valence-corrected chi connectivity index (χ4v) is 10.9. The fraction of sp³-hybridized carbons (Fsp3) is 0. The molecular weight excluding hydrogens is 703 g/mol. The van der Waals surface area contributed by atoms with Crippen molar-refractivity contribution in [2.75, 3.05) is 4.90 Å². The van der Waals surface area contributed by atoms with E-state index in [1.54, 1.807) is 0 Å². The van der Waals surface area contributed by atoms with Crippen LogP contribution in [0.25, 0.3) is 84.5 Å². The quantitative estimate of drug-likeness (QED) is 0.164. The maximum atomic E-state index is 2.44. The molecule has 0 N–H and O–H groups in total. The molecule has 0 saturated carbocycles. The van der Waals surface area contributed by atoms with Crippen molar-refractivity contribution in [2.45, 2.75) is 0 Å². The third-order valence-corrected chi connectivity index (χ3v) is 13.4. The van der Waals surface area contributed by atoms with Crippen molar-refractivity contribution >= 4 is 90.9 Å². The van der Waals surface area contributed by atoms with Gasteiger partial charge in [-0.1, -0.05) is 164 Å². The standard InChI is InChI=1S/C52H33NS2/c1-2-12-35(13-3-1)42-19-10-22-46-47-23-11-24-48(52(47)55-51(42)46)53(38-30-26-36(27-31-38)41-18-8-15-34-14-4-5-16-40(34)41)39-32-28-37(29-33-39)43-20-9-21-45-44-17-6-7-25-49(44)54-50(43)45/h1-33H. The van der Waals surface area contributed by atoms with Crippen LogP contribution in [0.15, 0.2) is 200 Å². The zero-order valence-corrected chi connectivity index (χ0v) is 31.4. The second-order valence-corrected chi connectivity index (χ2v) is 16.1. The molecule has 11 rings (SSSR count). The first-order valence-electron chi connectivity index (χ1n) is 18.7. The molecule has 0 unspecified atom stereocenters. The summed E-state index contributed by atoms with van der Waals surface area (Å²) < 4.78 is 5.25. The lowest BCUT2D eigenvalue weighted by atomic mass is 9.98. The molecule has 0 atom stereocenters. The summed E-state index contributed by atoms with van der Waals surface area (Å²) in [5.74, 6) is 0. The number of rotatable bonds is 6. The van der Waals surface area contributed by atoms with E-state index in [-0.39, 0.29) is 0 Å². The van der Waals surface area contributed by atoms with Gasteiger partial charge in [0.15, 0.2) is 0 Å². The Morgan fingerprint density at radius 3 is 1.49 bits per heavy atom. The molecule has 11 aromatic rings. The number of hydrogen-bond acceptors (Lipinski definition) is 3. The smallest absolute Gasteiger partial charge is 0.0640 e. The fourth-order valence-electron chi connectivity index (χ4n) is 8.29. The third kappa shape index (κ3) is 5.35. The molecule has 0 aliphatic rings. The molecule has 1 nitrogen and oxygen atoms in total. The van der Waals surface area contributed by atoms with Crippen LogP contribution in [0.3, 0.4) is 0 Å². The minimum atomic E-state index is 1.12. The lowest BCUT2D eigenvalue weighted by Gasteiger charge is -2.26. The highest BCUT2D eigenvalue weighted by Gasteiger charge is 2.20. The molecule has 0 spiro atoms. The summed E-state index contributed by atoms with van der Waals surface area (Å²) in [6.45, 7) is 0. The van der Waals surface area contributed by atoms with Crippen LogP contribution >= 0.6 is 22.7 Å². The van der Waals surface area contributed by atoms with E-state index < -0.39 is 0 Å². The highest BCUT2D eigenvalue weighted by Crippen LogP contribution is 2.48. The number of anilines is 3. The van der Waals surface area contributed by atoms with Gasteiger partial charge in [0.2, 0.25) is 0 Å². The molecule has 3 heteroatoms. The Balaban J connectivity index is 1.08. The van der Waals surface area contributed by atoms with E-state index in [1.165, 1.54) is 90.2 Å². The molecule has 55 heavy (non-hydrogen) atoms. The second-order valence-electron chi connectivity index (χ2n) is 14.0. The van der Waals surface area contributed by atoms with Gasteiger partial charge in [0.1, 0.15) is 0 Å². The normalized spacial score (nSPS) is 11.6. The van der Waals surface area contributed by atoms with Gasteiger partial charge in [-0.15, -0.1) is 22.7 Å². The van der Waals surface area contributed by atoms with Gasteiger partial charge in [0.25, 0.3) is 0 Å². The summed E-state index contributed by atoms with van der Waals surface area (Å²) in [5, 5.41) is 7.74. The highest BCUT2D eigenvalue weighted by atomic mass is 32.1. The van der Waals surface area contributed by atoms with Gasteiger partial charge in [-0.25, -0.2) is 0 Å². The Hall–Kier alpha value is -6.52. The molecule has 0 radical (unpaired) electrons. The van der Waals surface area contributed by atoms with Crippen molar-refractivity contribution < 1.29 is 0 Å². The van der Waals surface area contributed by atoms with E-state index in [1.807, 2.05) is 22.7 Å². The van der Waals surface area contributed by atoms with Gasteiger partial charge in [0.05, 0.1) is 10.4 Å².